The molecule has 3 atom stereocenters. The second-order valence-electron chi connectivity index (χ2n) is 6.01. The molecule has 130 valence electrons. The number of anilines is 2. The van der Waals surface area contributed by atoms with Crippen molar-refractivity contribution < 1.29 is 14.2 Å². The quantitative estimate of drug-likeness (QED) is 0.771. The molecule has 1 aliphatic heterocycles. The van der Waals surface area contributed by atoms with Crippen LogP contribution < -0.4 is 5.32 Å². The van der Waals surface area contributed by atoms with Gasteiger partial charge in [0.1, 0.15) is 11.5 Å². The Morgan fingerprint density at radius 1 is 1.08 bits per heavy atom. The molecule has 0 spiro atoms. The molecular formula is C19H21N3O3. The van der Waals surface area contributed by atoms with Crippen molar-refractivity contribution in [2.75, 3.05) is 19.5 Å². The minimum Gasteiger partial charge on any atom is -0.356 e. The Kier molecular flexibility index (Phi) is 4.40. The number of aromatic nitrogens is 2. The third-order valence-corrected chi connectivity index (χ3v) is 4.50. The van der Waals surface area contributed by atoms with E-state index in [1.54, 1.807) is 14.2 Å². The second-order valence-corrected chi connectivity index (χ2v) is 6.01. The molecule has 6 nitrogen and oxygen atoms in total. The average Bonchev–Trinajstić information content (AvgIpc) is 3.24. The molecule has 4 rings (SSSR count). The molecular weight excluding hydrogens is 318 g/mol. The normalized spacial score (nSPS) is 23.2. The van der Waals surface area contributed by atoms with Crippen LogP contribution in [0.2, 0.25) is 0 Å². The lowest BCUT2D eigenvalue weighted by molar-refractivity contribution is -0.188. The molecule has 25 heavy (non-hydrogen) atoms. The molecule has 0 bridgehead atoms. The molecule has 2 aromatic heterocycles. The Morgan fingerprint density at radius 2 is 1.88 bits per heavy atom. The van der Waals surface area contributed by atoms with E-state index < -0.39 is 0 Å². The maximum Gasteiger partial charge on any atom is 0.168 e. The van der Waals surface area contributed by atoms with Gasteiger partial charge in [-0.3, -0.25) is 4.40 Å². The summed E-state index contributed by atoms with van der Waals surface area (Å²) in [6.07, 6.45) is 2.03. The van der Waals surface area contributed by atoms with Crippen molar-refractivity contribution in [3.63, 3.8) is 0 Å². The minimum atomic E-state index is -0.383. The Bertz CT molecular complexity index is 850. The van der Waals surface area contributed by atoms with E-state index in [-0.39, 0.29) is 18.5 Å². The highest BCUT2D eigenvalue weighted by Gasteiger charge is 2.39. The second kappa shape index (κ2) is 6.84. The third kappa shape index (κ3) is 3.00. The monoisotopic (exact) mass is 339 g/mol. The number of hydrogen-bond acceptors (Lipinski definition) is 5. The number of ether oxygens (including phenoxy) is 3. The lowest BCUT2D eigenvalue weighted by Crippen LogP contribution is -2.18. The topological polar surface area (TPSA) is 57.0 Å². The molecule has 6 heteroatoms. The first-order valence-electron chi connectivity index (χ1n) is 8.30. The summed E-state index contributed by atoms with van der Waals surface area (Å²) in [5.74, 6) is 0.912. The van der Waals surface area contributed by atoms with Crippen LogP contribution in [0.4, 0.5) is 11.5 Å². The molecule has 0 radical (unpaired) electrons. The first-order chi connectivity index (χ1) is 12.3. The van der Waals surface area contributed by atoms with Gasteiger partial charge in [0.2, 0.25) is 0 Å². The highest BCUT2D eigenvalue weighted by atomic mass is 16.8. The zero-order chi connectivity index (χ0) is 17.2. The predicted octanol–water partition coefficient (Wildman–Crippen LogP) is 3.53. The number of benzene rings is 1. The van der Waals surface area contributed by atoms with E-state index in [1.165, 1.54) is 0 Å². The first kappa shape index (κ1) is 16.1. The fourth-order valence-electron chi connectivity index (χ4n) is 3.29. The van der Waals surface area contributed by atoms with E-state index in [0.29, 0.717) is 6.42 Å². The van der Waals surface area contributed by atoms with Crippen LogP contribution in [0.15, 0.2) is 54.7 Å². The Balaban J connectivity index is 1.79. The molecule has 1 N–H and O–H groups in total. The lowest BCUT2D eigenvalue weighted by Gasteiger charge is -2.17. The first-order valence-corrected chi connectivity index (χ1v) is 8.30. The highest BCUT2D eigenvalue weighted by molar-refractivity contribution is 5.64. The van der Waals surface area contributed by atoms with Gasteiger partial charge in [0.05, 0.1) is 11.6 Å². The summed E-state index contributed by atoms with van der Waals surface area (Å²) in [7, 11) is 3.29. The molecule has 3 aromatic rings. The molecule has 1 saturated heterocycles. The summed E-state index contributed by atoms with van der Waals surface area (Å²) in [6, 6.07) is 16.0. The van der Waals surface area contributed by atoms with Crippen molar-refractivity contribution in [1.29, 1.82) is 0 Å². The summed E-state index contributed by atoms with van der Waals surface area (Å²) in [5.41, 5.74) is 2.80. The summed E-state index contributed by atoms with van der Waals surface area (Å²) in [6.45, 7) is 0. The number of pyridine rings is 1. The standard InChI is InChI=1S/C19H21N3O3/c1-23-16-12-14(19(24-2)25-16)17-18(20-13-8-4-3-5-9-13)22-11-7-6-10-15(22)21-17/h3-11,14,16,19-20H,12H2,1-2H3. The van der Waals surface area contributed by atoms with Crippen molar-refractivity contribution in [3.05, 3.63) is 60.4 Å². The summed E-state index contributed by atoms with van der Waals surface area (Å²) >= 11 is 0. The molecule has 1 aliphatic rings. The maximum absolute atomic E-state index is 5.81. The Morgan fingerprint density at radius 3 is 2.64 bits per heavy atom. The van der Waals surface area contributed by atoms with Crippen LogP contribution in [-0.4, -0.2) is 36.2 Å². The van der Waals surface area contributed by atoms with E-state index >= 15 is 0 Å². The van der Waals surface area contributed by atoms with E-state index in [9.17, 15) is 0 Å². The van der Waals surface area contributed by atoms with E-state index in [4.69, 9.17) is 19.2 Å². The van der Waals surface area contributed by atoms with Gasteiger partial charge in [0, 0.05) is 32.5 Å². The van der Waals surface area contributed by atoms with Crippen LogP contribution in [0.3, 0.4) is 0 Å². The van der Waals surface area contributed by atoms with E-state index in [2.05, 4.69) is 9.72 Å². The van der Waals surface area contributed by atoms with E-state index in [0.717, 1.165) is 22.8 Å². The Hall–Kier alpha value is -2.41. The highest BCUT2D eigenvalue weighted by Crippen LogP contribution is 2.39. The average molecular weight is 339 g/mol. The summed E-state index contributed by atoms with van der Waals surface area (Å²) in [4.78, 5) is 4.84. The van der Waals surface area contributed by atoms with Crippen molar-refractivity contribution in [3.8, 4) is 0 Å². The van der Waals surface area contributed by atoms with Gasteiger partial charge in [-0.05, 0) is 24.3 Å². The van der Waals surface area contributed by atoms with E-state index in [1.807, 2.05) is 54.7 Å². The van der Waals surface area contributed by atoms with Crippen molar-refractivity contribution in [1.82, 2.24) is 9.38 Å². The number of methoxy groups -OCH3 is 2. The van der Waals surface area contributed by atoms with Gasteiger partial charge in [-0.1, -0.05) is 24.3 Å². The molecule has 3 unspecified atom stereocenters. The number of hydrogen-bond donors (Lipinski definition) is 1. The van der Waals surface area contributed by atoms with Gasteiger partial charge in [-0.15, -0.1) is 0 Å². The maximum atomic E-state index is 5.81. The Labute approximate surface area is 146 Å². The van der Waals surface area contributed by atoms with Crippen LogP contribution in [0, 0.1) is 0 Å². The van der Waals surface area contributed by atoms with Gasteiger partial charge in [-0.2, -0.15) is 0 Å². The van der Waals surface area contributed by atoms with Gasteiger partial charge in [0.25, 0.3) is 0 Å². The number of fused-ring (bicyclic) bond motifs is 1. The van der Waals surface area contributed by atoms with Crippen molar-refractivity contribution in [2.45, 2.75) is 24.9 Å². The zero-order valence-electron chi connectivity index (χ0n) is 14.3. The predicted molar refractivity (Wildman–Crippen MR) is 95.0 cm³/mol. The van der Waals surface area contributed by atoms with Crippen LogP contribution in [0.25, 0.3) is 5.65 Å². The fourth-order valence-corrected chi connectivity index (χ4v) is 3.29. The van der Waals surface area contributed by atoms with Crippen molar-refractivity contribution in [2.24, 2.45) is 0 Å². The third-order valence-electron chi connectivity index (χ3n) is 4.50. The molecule has 1 aromatic carbocycles. The smallest absolute Gasteiger partial charge is 0.168 e. The van der Waals surface area contributed by atoms with Gasteiger partial charge in [-0.25, -0.2) is 4.98 Å². The fraction of sp³-hybridized carbons (Fsp3) is 0.316. The molecule has 0 saturated carbocycles. The number of rotatable bonds is 5. The number of imidazole rings is 1. The van der Waals surface area contributed by atoms with Gasteiger partial charge in [0.15, 0.2) is 12.6 Å². The SMILES string of the molecule is COC1CC(c2nc3ccccn3c2Nc2ccccc2)C(OC)O1. The summed E-state index contributed by atoms with van der Waals surface area (Å²) in [5, 5.41) is 3.50. The minimum absolute atomic E-state index is 0.0129. The van der Waals surface area contributed by atoms with Crippen LogP contribution in [0.5, 0.6) is 0 Å². The largest absolute Gasteiger partial charge is 0.356 e. The zero-order valence-corrected chi connectivity index (χ0v) is 14.3. The van der Waals surface area contributed by atoms with Crippen LogP contribution >= 0.6 is 0 Å². The number of para-hydroxylation sites is 1. The molecule has 3 heterocycles. The van der Waals surface area contributed by atoms with Crippen molar-refractivity contribution >= 4 is 17.2 Å². The van der Waals surface area contributed by atoms with Crippen LogP contribution in [0.1, 0.15) is 18.0 Å². The molecule has 0 aliphatic carbocycles. The van der Waals surface area contributed by atoms with Crippen LogP contribution in [-0.2, 0) is 14.2 Å². The molecule has 0 amide bonds. The van der Waals surface area contributed by atoms with Gasteiger partial charge < -0.3 is 19.5 Å². The summed E-state index contributed by atoms with van der Waals surface area (Å²) < 4.78 is 18.8. The lowest BCUT2D eigenvalue weighted by atomic mass is 10.0. The number of nitrogens with zero attached hydrogens (tertiary/aromatic N) is 2. The van der Waals surface area contributed by atoms with Gasteiger partial charge >= 0.3 is 0 Å². The number of nitrogens with one attached hydrogen (secondary N) is 1. The molecule has 1 fully saturated rings.